The summed E-state index contributed by atoms with van der Waals surface area (Å²) in [6.07, 6.45) is 0.836. The van der Waals surface area contributed by atoms with Crippen LogP contribution in [0.4, 0.5) is 0 Å². The van der Waals surface area contributed by atoms with Crippen molar-refractivity contribution in [3.8, 4) is 5.75 Å². The van der Waals surface area contributed by atoms with Crippen molar-refractivity contribution in [1.82, 2.24) is 0 Å². The molecule has 0 fully saturated rings. The third kappa shape index (κ3) is 3.55. The van der Waals surface area contributed by atoms with Crippen LogP contribution in [0.3, 0.4) is 0 Å². The van der Waals surface area contributed by atoms with Crippen LogP contribution >= 0.6 is 27.5 Å². The van der Waals surface area contributed by atoms with Gasteiger partial charge >= 0.3 is 0 Å². The molecule has 0 aliphatic rings. The molecule has 0 aliphatic heterocycles. The van der Waals surface area contributed by atoms with Gasteiger partial charge in [-0.1, -0.05) is 27.5 Å². The summed E-state index contributed by atoms with van der Waals surface area (Å²) in [5.41, 5.74) is 5.34. The molecule has 4 heteroatoms. The van der Waals surface area contributed by atoms with Gasteiger partial charge in [-0.2, -0.15) is 0 Å². The quantitative estimate of drug-likeness (QED) is 0.849. The molecule has 1 aromatic rings. The van der Waals surface area contributed by atoms with Crippen molar-refractivity contribution in [2.45, 2.75) is 6.42 Å². The lowest BCUT2D eigenvalue weighted by Gasteiger charge is -2.07. The van der Waals surface area contributed by atoms with Crippen LogP contribution in [0.1, 0.15) is 6.42 Å². The molecule has 0 aromatic heterocycles. The van der Waals surface area contributed by atoms with Gasteiger partial charge in [0.05, 0.1) is 11.6 Å². The summed E-state index contributed by atoms with van der Waals surface area (Å²) in [6, 6.07) is 5.51. The molecule has 2 nitrogen and oxygen atoms in total. The fourth-order valence-corrected chi connectivity index (χ4v) is 1.37. The highest BCUT2D eigenvalue weighted by Crippen LogP contribution is 2.27. The second kappa shape index (κ2) is 5.47. The second-order valence-electron chi connectivity index (χ2n) is 2.57. The number of rotatable bonds is 4. The van der Waals surface area contributed by atoms with Crippen LogP contribution in [0.25, 0.3) is 0 Å². The van der Waals surface area contributed by atoms with Crippen LogP contribution in [0, 0.1) is 0 Å². The van der Waals surface area contributed by atoms with E-state index in [-0.39, 0.29) is 0 Å². The van der Waals surface area contributed by atoms with Gasteiger partial charge in [-0.25, -0.2) is 0 Å². The molecular weight excluding hydrogens is 253 g/mol. The first kappa shape index (κ1) is 10.8. The average Bonchev–Trinajstić information content (AvgIpc) is 2.11. The molecule has 0 radical (unpaired) electrons. The van der Waals surface area contributed by atoms with E-state index in [0.29, 0.717) is 23.9 Å². The molecule has 1 rings (SSSR count). The van der Waals surface area contributed by atoms with Gasteiger partial charge in [0, 0.05) is 4.47 Å². The van der Waals surface area contributed by atoms with Crippen LogP contribution in [0.15, 0.2) is 22.7 Å². The SMILES string of the molecule is NCCCOc1cc(Br)ccc1Cl. The van der Waals surface area contributed by atoms with Crippen molar-refractivity contribution < 1.29 is 4.74 Å². The smallest absolute Gasteiger partial charge is 0.139 e. The van der Waals surface area contributed by atoms with Crippen LogP contribution in [0.5, 0.6) is 5.75 Å². The Morgan fingerprint density at radius 1 is 1.46 bits per heavy atom. The zero-order valence-corrected chi connectivity index (χ0v) is 9.44. The lowest BCUT2D eigenvalue weighted by atomic mass is 10.3. The lowest BCUT2D eigenvalue weighted by Crippen LogP contribution is -2.06. The molecule has 0 bridgehead atoms. The van der Waals surface area contributed by atoms with E-state index in [9.17, 15) is 0 Å². The van der Waals surface area contributed by atoms with Gasteiger partial charge in [0.2, 0.25) is 0 Å². The number of hydrogen-bond donors (Lipinski definition) is 1. The van der Waals surface area contributed by atoms with Gasteiger partial charge in [-0.3, -0.25) is 0 Å². The molecular formula is C9H11BrClNO. The predicted molar refractivity (Wildman–Crippen MR) is 58.3 cm³/mol. The zero-order valence-electron chi connectivity index (χ0n) is 7.09. The molecule has 13 heavy (non-hydrogen) atoms. The maximum Gasteiger partial charge on any atom is 0.139 e. The van der Waals surface area contributed by atoms with Gasteiger partial charge in [0.15, 0.2) is 0 Å². The summed E-state index contributed by atoms with van der Waals surface area (Å²) in [5, 5.41) is 0.625. The second-order valence-corrected chi connectivity index (χ2v) is 3.89. The Labute approximate surface area is 91.2 Å². The molecule has 0 atom stereocenters. The summed E-state index contributed by atoms with van der Waals surface area (Å²) in [7, 11) is 0. The standard InChI is InChI=1S/C9H11BrClNO/c10-7-2-3-8(11)9(6-7)13-5-1-4-12/h2-3,6H,1,4-5,12H2. The number of benzene rings is 1. The minimum Gasteiger partial charge on any atom is -0.492 e. The monoisotopic (exact) mass is 263 g/mol. The van der Waals surface area contributed by atoms with Gasteiger partial charge in [-0.15, -0.1) is 0 Å². The highest BCUT2D eigenvalue weighted by Gasteiger charge is 2.01. The molecule has 0 saturated heterocycles. The van der Waals surface area contributed by atoms with Gasteiger partial charge in [-0.05, 0) is 31.2 Å². The largest absolute Gasteiger partial charge is 0.492 e. The number of halogens is 2. The van der Waals surface area contributed by atoms with E-state index in [0.717, 1.165) is 10.9 Å². The summed E-state index contributed by atoms with van der Waals surface area (Å²) in [4.78, 5) is 0. The molecule has 0 saturated carbocycles. The van der Waals surface area contributed by atoms with E-state index in [2.05, 4.69) is 15.9 Å². The Bertz CT molecular complexity index is 280. The fourth-order valence-electron chi connectivity index (χ4n) is 0.853. The Morgan fingerprint density at radius 3 is 2.92 bits per heavy atom. The highest BCUT2D eigenvalue weighted by atomic mass is 79.9. The fraction of sp³-hybridized carbons (Fsp3) is 0.333. The van der Waals surface area contributed by atoms with Crippen molar-refractivity contribution in [2.24, 2.45) is 5.73 Å². The van der Waals surface area contributed by atoms with Crippen molar-refractivity contribution in [1.29, 1.82) is 0 Å². The van der Waals surface area contributed by atoms with E-state index in [1.165, 1.54) is 0 Å². The van der Waals surface area contributed by atoms with E-state index < -0.39 is 0 Å². The Kier molecular flexibility index (Phi) is 4.56. The Balaban J connectivity index is 2.59. The third-order valence-corrected chi connectivity index (χ3v) is 2.30. The lowest BCUT2D eigenvalue weighted by molar-refractivity contribution is 0.313. The number of hydrogen-bond acceptors (Lipinski definition) is 2. The van der Waals surface area contributed by atoms with Crippen molar-refractivity contribution in [3.05, 3.63) is 27.7 Å². The molecule has 2 N–H and O–H groups in total. The molecule has 0 amide bonds. The first-order valence-corrected chi connectivity index (χ1v) is 5.19. The van der Waals surface area contributed by atoms with E-state index in [1.807, 2.05) is 12.1 Å². The van der Waals surface area contributed by atoms with E-state index >= 15 is 0 Å². The average molecular weight is 265 g/mol. The molecule has 1 aromatic carbocycles. The minimum absolute atomic E-state index is 0.604. The van der Waals surface area contributed by atoms with Crippen molar-refractivity contribution in [3.63, 3.8) is 0 Å². The van der Waals surface area contributed by atoms with Crippen LogP contribution in [-0.2, 0) is 0 Å². The first-order valence-electron chi connectivity index (χ1n) is 4.02. The maximum absolute atomic E-state index is 5.90. The number of nitrogens with two attached hydrogens (primary N) is 1. The molecule has 0 spiro atoms. The molecule has 0 aliphatic carbocycles. The van der Waals surface area contributed by atoms with Crippen LogP contribution in [-0.4, -0.2) is 13.2 Å². The van der Waals surface area contributed by atoms with Gasteiger partial charge in [0.1, 0.15) is 5.75 Å². The summed E-state index contributed by atoms with van der Waals surface area (Å²) >= 11 is 9.24. The predicted octanol–water partition coefficient (Wildman–Crippen LogP) is 2.83. The molecule has 72 valence electrons. The van der Waals surface area contributed by atoms with Crippen molar-refractivity contribution in [2.75, 3.05) is 13.2 Å². The molecule has 0 heterocycles. The Hall–Kier alpha value is -0.250. The summed E-state index contributed by atoms with van der Waals surface area (Å²) in [5.74, 6) is 0.699. The Morgan fingerprint density at radius 2 is 2.23 bits per heavy atom. The maximum atomic E-state index is 5.90. The normalized spacial score (nSPS) is 10.1. The zero-order chi connectivity index (χ0) is 9.68. The van der Waals surface area contributed by atoms with E-state index in [1.54, 1.807) is 6.07 Å². The van der Waals surface area contributed by atoms with Gasteiger partial charge < -0.3 is 10.5 Å². The summed E-state index contributed by atoms with van der Waals surface area (Å²) < 4.78 is 6.37. The van der Waals surface area contributed by atoms with Crippen LogP contribution in [0.2, 0.25) is 5.02 Å². The topological polar surface area (TPSA) is 35.2 Å². The van der Waals surface area contributed by atoms with Crippen molar-refractivity contribution >= 4 is 27.5 Å². The first-order chi connectivity index (χ1) is 6.24. The molecule has 0 unspecified atom stereocenters. The minimum atomic E-state index is 0.604. The highest BCUT2D eigenvalue weighted by molar-refractivity contribution is 9.10. The van der Waals surface area contributed by atoms with E-state index in [4.69, 9.17) is 22.1 Å². The third-order valence-electron chi connectivity index (χ3n) is 1.50. The van der Waals surface area contributed by atoms with Gasteiger partial charge in [0.25, 0.3) is 0 Å². The van der Waals surface area contributed by atoms with Crippen LogP contribution < -0.4 is 10.5 Å². The number of ether oxygens (including phenoxy) is 1. The summed E-state index contributed by atoms with van der Waals surface area (Å²) in [6.45, 7) is 1.23.